The molecule has 0 fully saturated rings. The van der Waals surface area contributed by atoms with Crippen LogP contribution in [-0.2, 0) is 6.54 Å². The van der Waals surface area contributed by atoms with E-state index < -0.39 is 5.91 Å². The second-order valence-electron chi connectivity index (χ2n) is 5.29. The maximum absolute atomic E-state index is 11.0. The molecule has 4 heteroatoms. The van der Waals surface area contributed by atoms with Gasteiger partial charge in [-0.15, -0.1) is 0 Å². The van der Waals surface area contributed by atoms with Gasteiger partial charge in [-0.25, -0.2) is 0 Å². The van der Waals surface area contributed by atoms with E-state index in [9.17, 15) is 4.79 Å². The van der Waals surface area contributed by atoms with Crippen molar-refractivity contribution in [1.29, 1.82) is 0 Å². The van der Waals surface area contributed by atoms with E-state index in [1.165, 1.54) is 0 Å². The molecule has 3 N–H and O–H groups in total. The zero-order valence-corrected chi connectivity index (χ0v) is 12.0. The topological polar surface area (TPSA) is 55.1 Å². The molecule has 1 rings (SSSR count). The summed E-state index contributed by atoms with van der Waals surface area (Å²) in [6.45, 7) is 8.24. The molecule has 0 aromatic heterocycles. The van der Waals surface area contributed by atoms with E-state index in [1.807, 2.05) is 6.07 Å². The number of nitrogens with two attached hydrogens (primary N) is 1. The van der Waals surface area contributed by atoms with Crippen LogP contribution in [-0.4, -0.2) is 12.5 Å². The van der Waals surface area contributed by atoms with Crippen molar-refractivity contribution >= 4 is 17.5 Å². The minimum Gasteiger partial charge on any atom is -0.366 e. The first-order valence-corrected chi connectivity index (χ1v) is 6.52. The molecule has 0 spiro atoms. The van der Waals surface area contributed by atoms with Gasteiger partial charge in [0.25, 0.3) is 0 Å². The van der Waals surface area contributed by atoms with Crippen molar-refractivity contribution in [1.82, 2.24) is 5.32 Å². The van der Waals surface area contributed by atoms with Crippen molar-refractivity contribution in [2.24, 2.45) is 11.1 Å². The molecule has 100 valence electrons. The lowest BCUT2D eigenvalue weighted by atomic mass is 9.90. The van der Waals surface area contributed by atoms with Crippen LogP contribution in [0, 0.1) is 5.41 Å². The Kier molecular flexibility index (Phi) is 5.17. The van der Waals surface area contributed by atoms with E-state index in [-0.39, 0.29) is 5.41 Å². The van der Waals surface area contributed by atoms with Crippen LogP contribution in [0.3, 0.4) is 0 Å². The van der Waals surface area contributed by atoms with Gasteiger partial charge in [-0.2, -0.15) is 0 Å². The Morgan fingerprint density at radius 2 is 2.11 bits per heavy atom. The van der Waals surface area contributed by atoms with Crippen molar-refractivity contribution in [3.05, 3.63) is 34.3 Å². The summed E-state index contributed by atoms with van der Waals surface area (Å²) in [5, 5.41) is 3.96. The van der Waals surface area contributed by atoms with Crippen molar-refractivity contribution < 1.29 is 4.79 Å². The number of hydrogen-bond acceptors (Lipinski definition) is 2. The van der Waals surface area contributed by atoms with E-state index in [1.54, 1.807) is 12.1 Å². The van der Waals surface area contributed by atoms with Gasteiger partial charge >= 0.3 is 0 Å². The molecule has 0 saturated carbocycles. The van der Waals surface area contributed by atoms with Crippen molar-refractivity contribution in [3.8, 4) is 0 Å². The normalized spacial score (nSPS) is 11.6. The SMILES string of the molecule is CCC(C)(C)CNCc1ccc(C(N)=O)cc1Cl. The molecular formula is C14H21ClN2O. The molecule has 0 bridgehead atoms. The van der Waals surface area contributed by atoms with Gasteiger partial charge in [0.15, 0.2) is 0 Å². The maximum Gasteiger partial charge on any atom is 0.248 e. The Morgan fingerprint density at radius 1 is 1.44 bits per heavy atom. The van der Waals surface area contributed by atoms with Gasteiger partial charge in [-0.05, 0) is 29.5 Å². The fourth-order valence-electron chi connectivity index (χ4n) is 1.50. The highest BCUT2D eigenvalue weighted by Crippen LogP contribution is 2.20. The third kappa shape index (κ3) is 4.31. The van der Waals surface area contributed by atoms with Gasteiger partial charge < -0.3 is 11.1 Å². The molecule has 3 nitrogen and oxygen atoms in total. The summed E-state index contributed by atoms with van der Waals surface area (Å²) < 4.78 is 0. The molecule has 1 aromatic rings. The molecule has 0 aliphatic carbocycles. The molecule has 0 radical (unpaired) electrons. The standard InChI is InChI=1S/C14H21ClN2O/c1-4-14(2,3)9-17-8-11-6-5-10(13(16)18)7-12(11)15/h5-7,17H,4,8-9H2,1-3H3,(H2,16,18). The molecule has 1 amide bonds. The molecule has 0 heterocycles. The molecule has 0 atom stereocenters. The summed E-state index contributed by atoms with van der Waals surface area (Å²) in [4.78, 5) is 11.0. The van der Waals surface area contributed by atoms with Crippen LogP contribution >= 0.6 is 11.6 Å². The lowest BCUT2D eigenvalue weighted by Crippen LogP contribution is -2.28. The fraction of sp³-hybridized carbons (Fsp3) is 0.500. The first-order valence-electron chi connectivity index (χ1n) is 6.14. The molecule has 0 saturated heterocycles. The minimum atomic E-state index is -0.455. The Hall–Kier alpha value is -1.06. The highest BCUT2D eigenvalue weighted by molar-refractivity contribution is 6.31. The van der Waals surface area contributed by atoms with Crippen LogP contribution in [0.25, 0.3) is 0 Å². The summed E-state index contributed by atoms with van der Waals surface area (Å²) >= 11 is 6.11. The minimum absolute atomic E-state index is 0.277. The van der Waals surface area contributed by atoms with Crippen molar-refractivity contribution in [2.75, 3.05) is 6.54 Å². The number of amides is 1. The Balaban J connectivity index is 2.61. The number of hydrogen-bond donors (Lipinski definition) is 2. The van der Waals surface area contributed by atoms with Gasteiger partial charge in [-0.1, -0.05) is 38.4 Å². The van der Waals surface area contributed by atoms with Gasteiger partial charge in [0.2, 0.25) is 5.91 Å². The van der Waals surface area contributed by atoms with Crippen molar-refractivity contribution in [3.63, 3.8) is 0 Å². The number of benzene rings is 1. The molecular weight excluding hydrogens is 248 g/mol. The van der Waals surface area contributed by atoms with E-state index in [2.05, 4.69) is 26.1 Å². The Labute approximate surface area is 114 Å². The number of primary amides is 1. The number of rotatable bonds is 6. The van der Waals surface area contributed by atoms with Crippen LogP contribution in [0.1, 0.15) is 43.1 Å². The Bertz CT molecular complexity index is 430. The van der Waals surface area contributed by atoms with Gasteiger partial charge in [0, 0.05) is 23.7 Å². The average Bonchev–Trinajstić information content (AvgIpc) is 2.31. The highest BCUT2D eigenvalue weighted by Gasteiger charge is 2.14. The first kappa shape index (κ1) is 15.0. The lowest BCUT2D eigenvalue weighted by Gasteiger charge is -2.23. The molecule has 1 aromatic carbocycles. The lowest BCUT2D eigenvalue weighted by molar-refractivity contribution is 0.100. The number of nitrogens with one attached hydrogen (secondary N) is 1. The third-order valence-electron chi connectivity index (χ3n) is 3.21. The molecule has 18 heavy (non-hydrogen) atoms. The van der Waals surface area contributed by atoms with Crippen LogP contribution in [0.4, 0.5) is 0 Å². The molecule has 0 unspecified atom stereocenters. The zero-order valence-electron chi connectivity index (χ0n) is 11.2. The van der Waals surface area contributed by atoms with E-state index in [0.717, 1.165) is 18.5 Å². The summed E-state index contributed by atoms with van der Waals surface area (Å²) in [6.07, 6.45) is 1.12. The second kappa shape index (κ2) is 6.21. The van der Waals surface area contributed by atoms with Gasteiger partial charge in [-0.3, -0.25) is 4.79 Å². The summed E-state index contributed by atoms with van der Waals surface area (Å²) in [5.74, 6) is -0.455. The third-order valence-corrected chi connectivity index (χ3v) is 3.57. The van der Waals surface area contributed by atoms with Crippen LogP contribution in [0.5, 0.6) is 0 Å². The smallest absolute Gasteiger partial charge is 0.248 e. The molecule has 0 aliphatic heterocycles. The highest BCUT2D eigenvalue weighted by atomic mass is 35.5. The predicted molar refractivity (Wildman–Crippen MR) is 75.7 cm³/mol. The van der Waals surface area contributed by atoms with E-state index >= 15 is 0 Å². The van der Waals surface area contributed by atoms with Crippen LogP contribution in [0.2, 0.25) is 5.02 Å². The monoisotopic (exact) mass is 268 g/mol. The second-order valence-corrected chi connectivity index (χ2v) is 5.70. The fourth-order valence-corrected chi connectivity index (χ4v) is 1.75. The number of carbonyl (C=O) groups is 1. The summed E-state index contributed by atoms with van der Waals surface area (Å²) in [6, 6.07) is 5.16. The van der Waals surface area contributed by atoms with E-state index in [0.29, 0.717) is 17.1 Å². The summed E-state index contributed by atoms with van der Waals surface area (Å²) in [5.41, 5.74) is 6.89. The number of halogens is 1. The predicted octanol–water partition coefficient (Wildman–Crippen LogP) is 2.96. The average molecular weight is 269 g/mol. The van der Waals surface area contributed by atoms with Gasteiger partial charge in [0.05, 0.1) is 0 Å². The van der Waals surface area contributed by atoms with E-state index in [4.69, 9.17) is 17.3 Å². The maximum atomic E-state index is 11.0. The van der Waals surface area contributed by atoms with Crippen molar-refractivity contribution in [2.45, 2.75) is 33.7 Å². The van der Waals surface area contributed by atoms with Gasteiger partial charge in [0.1, 0.15) is 0 Å². The number of carbonyl (C=O) groups excluding carboxylic acids is 1. The Morgan fingerprint density at radius 3 is 2.61 bits per heavy atom. The van der Waals surface area contributed by atoms with Crippen LogP contribution < -0.4 is 11.1 Å². The summed E-state index contributed by atoms with van der Waals surface area (Å²) in [7, 11) is 0. The zero-order chi connectivity index (χ0) is 13.8. The van der Waals surface area contributed by atoms with Crippen LogP contribution in [0.15, 0.2) is 18.2 Å². The molecule has 0 aliphatic rings. The first-order chi connectivity index (χ1) is 8.35. The quantitative estimate of drug-likeness (QED) is 0.833. The largest absolute Gasteiger partial charge is 0.366 e.